The molecule has 0 aliphatic heterocycles. The Morgan fingerprint density at radius 2 is 1.91 bits per heavy atom. The van der Waals surface area contributed by atoms with Crippen molar-refractivity contribution in [3.8, 4) is 0 Å². The van der Waals surface area contributed by atoms with Gasteiger partial charge >= 0.3 is 5.97 Å². The Labute approximate surface area is 140 Å². The Hall–Kier alpha value is -1.20. The molecule has 0 aromatic heterocycles. The zero-order valence-corrected chi connectivity index (χ0v) is 14.7. The number of hydrogen-bond acceptors (Lipinski definition) is 3. The first-order valence-corrected chi connectivity index (χ1v) is 8.70. The van der Waals surface area contributed by atoms with Crippen LogP contribution in [0.4, 0.5) is 0 Å². The molecule has 0 bridgehead atoms. The molecule has 0 saturated heterocycles. The quantitative estimate of drug-likeness (QED) is 0.698. The molecule has 0 fully saturated rings. The number of carboxylic acid groups (broad SMARTS) is 1. The van der Waals surface area contributed by atoms with Crippen LogP contribution in [0.25, 0.3) is 0 Å². The number of halogens is 1. The molecule has 0 unspecified atom stereocenters. The zero-order valence-electron chi connectivity index (χ0n) is 13.1. The lowest BCUT2D eigenvalue weighted by atomic mass is 9.82. The third-order valence-corrected chi connectivity index (χ3v) is 5.07. The minimum atomic E-state index is -0.924. The molecule has 0 radical (unpaired) electrons. The second-order valence-electron chi connectivity index (χ2n) is 5.05. The summed E-state index contributed by atoms with van der Waals surface area (Å²) in [6.07, 6.45) is 0.927. The summed E-state index contributed by atoms with van der Waals surface area (Å²) >= 11 is 7.53. The van der Waals surface area contributed by atoms with E-state index in [1.54, 1.807) is 23.9 Å². The Morgan fingerprint density at radius 3 is 2.41 bits per heavy atom. The molecule has 1 amide bonds. The maximum atomic E-state index is 12.4. The van der Waals surface area contributed by atoms with Gasteiger partial charge in [-0.2, -0.15) is 0 Å². The van der Waals surface area contributed by atoms with Crippen molar-refractivity contribution in [1.29, 1.82) is 0 Å². The van der Waals surface area contributed by atoms with E-state index in [2.05, 4.69) is 5.32 Å². The highest BCUT2D eigenvalue weighted by molar-refractivity contribution is 7.99. The number of benzene rings is 1. The molecule has 122 valence electrons. The van der Waals surface area contributed by atoms with Crippen LogP contribution in [0.1, 0.15) is 44.0 Å². The van der Waals surface area contributed by atoms with Gasteiger partial charge in [0.2, 0.25) is 0 Å². The average molecular weight is 344 g/mol. The first kappa shape index (κ1) is 18.8. The van der Waals surface area contributed by atoms with Gasteiger partial charge in [-0.3, -0.25) is 9.59 Å². The highest BCUT2D eigenvalue weighted by Gasteiger charge is 2.35. The lowest BCUT2D eigenvalue weighted by molar-refractivity contribution is -0.149. The third kappa shape index (κ3) is 4.40. The minimum Gasteiger partial charge on any atom is -0.481 e. The maximum Gasteiger partial charge on any atom is 0.311 e. The molecule has 0 aliphatic carbocycles. The normalized spacial score (nSPS) is 11.3. The number of hydrogen-bond donors (Lipinski definition) is 2. The first-order chi connectivity index (χ1) is 10.4. The molecule has 0 atom stereocenters. The molecule has 1 aromatic rings. The fourth-order valence-electron chi connectivity index (χ4n) is 2.18. The summed E-state index contributed by atoms with van der Waals surface area (Å²) in [5.74, 6) is -0.330. The van der Waals surface area contributed by atoms with Gasteiger partial charge in [0.1, 0.15) is 0 Å². The summed E-state index contributed by atoms with van der Waals surface area (Å²) < 4.78 is 0. The predicted molar refractivity (Wildman–Crippen MR) is 90.8 cm³/mol. The van der Waals surface area contributed by atoms with E-state index < -0.39 is 11.4 Å². The van der Waals surface area contributed by atoms with E-state index in [0.29, 0.717) is 23.4 Å². The largest absolute Gasteiger partial charge is 0.481 e. The van der Waals surface area contributed by atoms with Crippen LogP contribution in [0.5, 0.6) is 0 Å². The van der Waals surface area contributed by atoms with Crippen molar-refractivity contribution in [2.24, 2.45) is 5.41 Å². The fourth-order valence-corrected chi connectivity index (χ4v) is 3.14. The van der Waals surface area contributed by atoms with Gasteiger partial charge in [0.05, 0.1) is 11.0 Å². The number of rotatable bonds is 8. The topological polar surface area (TPSA) is 66.4 Å². The number of carboxylic acids is 1. The molecule has 2 N–H and O–H groups in total. The molecular formula is C16H22ClNO3S. The molecule has 0 spiro atoms. The maximum absolute atomic E-state index is 12.4. The Bertz CT molecular complexity index is 544. The fraction of sp³-hybridized carbons (Fsp3) is 0.500. The Morgan fingerprint density at radius 1 is 1.27 bits per heavy atom. The number of thioether (sulfide) groups is 1. The SMILES string of the molecule is CCSc1ccc(Cl)cc1C(=O)NCC(CC)(CC)C(=O)O. The molecule has 22 heavy (non-hydrogen) atoms. The van der Waals surface area contributed by atoms with E-state index in [0.717, 1.165) is 10.6 Å². The van der Waals surface area contributed by atoms with Crippen LogP contribution >= 0.6 is 23.4 Å². The van der Waals surface area contributed by atoms with Gasteiger partial charge in [0.15, 0.2) is 0 Å². The second kappa shape index (κ2) is 8.44. The number of carbonyl (C=O) groups excluding carboxylic acids is 1. The van der Waals surface area contributed by atoms with E-state index in [9.17, 15) is 14.7 Å². The highest BCUT2D eigenvalue weighted by atomic mass is 35.5. The van der Waals surface area contributed by atoms with Gasteiger partial charge in [-0.15, -0.1) is 11.8 Å². The summed E-state index contributed by atoms with van der Waals surface area (Å²) in [4.78, 5) is 24.7. The molecule has 0 aliphatic rings. The van der Waals surface area contributed by atoms with Gasteiger partial charge in [0, 0.05) is 16.5 Å². The number of aliphatic carboxylic acids is 1. The number of carbonyl (C=O) groups is 2. The predicted octanol–water partition coefficient (Wildman–Crippen LogP) is 4.07. The van der Waals surface area contributed by atoms with Gasteiger partial charge < -0.3 is 10.4 Å². The van der Waals surface area contributed by atoms with Crippen LogP contribution < -0.4 is 5.32 Å². The molecule has 1 aromatic carbocycles. The van der Waals surface area contributed by atoms with Gasteiger partial charge in [-0.05, 0) is 36.8 Å². The minimum absolute atomic E-state index is 0.108. The van der Waals surface area contributed by atoms with E-state index in [1.165, 1.54) is 0 Å². The van der Waals surface area contributed by atoms with Gasteiger partial charge in [-0.25, -0.2) is 0 Å². The van der Waals surface area contributed by atoms with Crippen LogP contribution in [-0.4, -0.2) is 29.3 Å². The van der Waals surface area contributed by atoms with Crippen molar-refractivity contribution in [2.75, 3.05) is 12.3 Å². The van der Waals surface area contributed by atoms with Crippen molar-refractivity contribution in [1.82, 2.24) is 5.32 Å². The smallest absolute Gasteiger partial charge is 0.311 e. The lowest BCUT2D eigenvalue weighted by Gasteiger charge is -2.27. The first-order valence-electron chi connectivity index (χ1n) is 7.34. The number of nitrogens with one attached hydrogen (secondary N) is 1. The highest BCUT2D eigenvalue weighted by Crippen LogP contribution is 2.28. The van der Waals surface area contributed by atoms with Gasteiger partial charge in [-0.1, -0.05) is 32.4 Å². The van der Waals surface area contributed by atoms with Crippen molar-refractivity contribution >= 4 is 35.2 Å². The van der Waals surface area contributed by atoms with Crippen LogP contribution in [0.3, 0.4) is 0 Å². The third-order valence-electron chi connectivity index (χ3n) is 3.88. The summed E-state index contributed by atoms with van der Waals surface area (Å²) in [7, 11) is 0. The molecule has 0 saturated carbocycles. The second-order valence-corrected chi connectivity index (χ2v) is 6.79. The van der Waals surface area contributed by atoms with E-state index >= 15 is 0 Å². The van der Waals surface area contributed by atoms with Crippen LogP contribution in [0, 0.1) is 5.41 Å². The van der Waals surface area contributed by atoms with Crippen molar-refractivity contribution < 1.29 is 14.7 Å². The summed E-state index contributed by atoms with van der Waals surface area (Å²) in [6.45, 7) is 5.75. The van der Waals surface area contributed by atoms with Crippen LogP contribution in [0.15, 0.2) is 23.1 Å². The Kier molecular flexibility index (Phi) is 7.23. The summed E-state index contributed by atoms with van der Waals surface area (Å²) in [5.41, 5.74) is -0.433. The van der Waals surface area contributed by atoms with Crippen molar-refractivity contribution in [2.45, 2.75) is 38.5 Å². The number of amides is 1. The van der Waals surface area contributed by atoms with E-state index in [-0.39, 0.29) is 12.5 Å². The Balaban J connectivity index is 2.93. The standard InChI is InChI=1S/C16H22ClNO3S/c1-4-16(5-2,15(20)21)10-18-14(19)12-9-11(17)7-8-13(12)22-6-3/h7-9H,4-6,10H2,1-3H3,(H,18,19)(H,20,21). The molecule has 4 nitrogen and oxygen atoms in total. The summed E-state index contributed by atoms with van der Waals surface area (Å²) in [6, 6.07) is 5.18. The van der Waals surface area contributed by atoms with Crippen LogP contribution in [-0.2, 0) is 4.79 Å². The summed E-state index contributed by atoms with van der Waals surface area (Å²) in [5, 5.41) is 12.7. The van der Waals surface area contributed by atoms with Gasteiger partial charge in [0.25, 0.3) is 5.91 Å². The van der Waals surface area contributed by atoms with E-state index in [1.807, 2.05) is 26.8 Å². The molecule has 0 heterocycles. The van der Waals surface area contributed by atoms with Crippen molar-refractivity contribution in [3.05, 3.63) is 28.8 Å². The monoisotopic (exact) mass is 343 g/mol. The molecular weight excluding hydrogens is 322 g/mol. The van der Waals surface area contributed by atoms with Crippen molar-refractivity contribution in [3.63, 3.8) is 0 Å². The lowest BCUT2D eigenvalue weighted by Crippen LogP contribution is -2.42. The zero-order chi connectivity index (χ0) is 16.8. The molecule has 6 heteroatoms. The van der Waals surface area contributed by atoms with Crippen LogP contribution in [0.2, 0.25) is 5.02 Å². The molecule has 1 rings (SSSR count). The van der Waals surface area contributed by atoms with E-state index in [4.69, 9.17) is 11.6 Å². The average Bonchev–Trinajstić information content (AvgIpc) is 2.50.